The summed E-state index contributed by atoms with van der Waals surface area (Å²) < 4.78 is 3.12. The second kappa shape index (κ2) is 8.78. The fourth-order valence-corrected chi connectivity index (χ4v) is 8.98. The summed E-state index contributed by atoms with van der Waals surface area (Å²) >= 11 is -3.35. The Kier molecular flexibility index (Phi) is 9.45. The van der Waals surface area contributed by atoms with Gasteiger partial charge in [0.2, 0.25) is 0 Å². The van der Waals surface area contributed by atoms with Crippen LogP contribution in [0.25, 0.3) is 0 Å². The summed E-state index contributed by atoms with van der Waals surface area (Å²) in [4.78, 5) is 14.5. The minimum atomic E-state index is -1.67. The van der Waals surface area contributed by atoms with Crippen LogP contribution in [-0.4, -0.2) is 36.8 Å². The third-order valence-corrected chi connectivity index (χ3v) is 14.2. The Morgan fingerprint density at radius 1 is 0.789 bits per heavy atom. The normalized spacial score (nSPS) is 17.4. The first-order valence-electron chi connectivity index (χ1n) is 6.77. The smallest absolute Gasteiger partial charge is 1.00 e. The summed E-state index contributed by atoms with van der Waals surface area (Å²) in [5.74, 6) is 0. The molecule has 0 saturated heterocycles. The molecular weight excluding hydrogens is 521 g/mol. The zero-order chi connectivity index (χ0) is 13.8. The molecule has 0 aliphatic heterocycles. The monoisotopic (exact) mass is 550 g/mol. The molecular formula is C16H28Sn2Zr-2. The molecule has 0 aromatic heterocycles. The maximum absolute atomic E-state index is 3.40. The summed E-state index contributed by atoms with van der Waals surface area (Å²) in [7, 11) is 0. The van der Waals surface area contributed by atoms with E-state index in [1.165, 1.54) is 0 Å². The third kappa shape index (κ3) is 7.85. The largest absolute Gasteiger partial charge is 2.00 e. The molecule has 0 unspecified atom stereocenters. The van der Waals surface area contributed by atoms with Gasteiger partial charge in [0, 0.05) is 0 Å². The van der Waals surface area contributed by atoms with Crippen molar-refractivity contribution in [2.75, 3.05) is 0 Å². The molecule has 0 spiro atoms. The SMILES string of the molecule is [CH3][Sn]([CH3])([CH3])[C]1=[C-]CC=C1.[CH3][Sn]([CH3])([CH3])[C]1=[C-]CC=C1.[H-].[H-].[Zr+2]. The van der Waals surface area contributed by atoms with Crippen molar-refractivity contribution < 1.29 is 29.1 Å². The number of hydrogen-bond acceptors (Lipinski definition) is 0. The van der Waals surface area contributed by atoms with E-state index in [1.54, 1.807) is 7.18 Å². The molecule has 0 aromatic rings. The second-order valence-corrected chi connectivity index (χ2v) is 35.7. The molecule has 0 amide bonds. The molecule has 0 nitrogen and oxygen atoms in total. The Hall–Kier alpha value is 1.44. The summed E-state index contributed by atoms with van der Waals surface area (Å²) in [5.41, 5.74) is 0. The Bertz CT molecular complexity index is 371. The maximum atomic E-state index is 3.40. The first-order chi connectivity index (χ1) is 8.21. The van der Waals surface area contributed by atoms with Crippen LogP contribution in [0.4, 0.5) is 0 Å². The third-order valence-electron chi connectivity index (χ3n) is 3.01. The molecule has 0 N–H and O–H groups in total. The standard InChI is InChI=1S/2C5H4.6CH3.2Sn.Zr.2H/c2*1-2-4-5-3-1;;;;;;;;;;;/h2*1-2H,3H2;6*1H3;;;;;/q2*-1;;;;;;;;;+2;2*-1. The van der Waals surface area contributed by atoms with E-state index in [1.807, 2.05) is 0 Å². The van der Waals surface area contributed by atoms with Crippen LogP contribution in [-0.2, 0) is 26.2 Å². The quantitative estimate of drug-likeness (QED) is 0.323. The zero-order valence-corrected chi connectivity index (χ0v) is 21.4. The van der Waals surface area contributed by atoms with Gasteiger partial charge in [-0.15, -0.1) is 0 Å². The van der Waals surface area contributed by atoms with Gasteiger partial charge < -0.3 is 2.85 Å². The van der Waals surface area contributed by atoms with Gasteiger partial charge in [-0.3, -0.25) is 0 Å². The molecule has 0 bridgehead atoms. The van der Waals surface area contributed by atoms with Gasteiger partial charge >= 0.3 is 149 Å². The van der Waals surface area contributed by atoms with E-state index in [4.69, 9.17) is 0 Å². The predicted molar refractivity (Wildman–Crippen MR) is 89.9 cm³/mol. The molecule has 2 rings (SSSR count). The fraction of sp³-hybridized carbons (Fsp3) is 0.500. The van der Waals surface area contributed by atoms with Gasteiger partial charge in [-0.05, 0) is 0 Å². The molecule has 2 aliphatic rings. The van der Waals surface area contributed by atoms with Gasteiger partial charge in [-0.25, -0.2) is 0 Å². The average Bonchev–Trinajstić information content (AvgIpc) is 2.91. The molecule has 0 atom stereocenters. The van der Waals surface area contributed by atoms with E-state index < -0.39 is 36.8 Å². The molecule has 106 valence electrons. The molecule has 0 radical (unpaired) electrons. The van der Waals surface area contributed by atoms with Crippen molar-refractivity contribution in [3.63, 3.8) is 0 Å². The Balaban J connectivity index is -0.000000270. The molecule has 3 heteroatoms. The van der Waals surface area contributed by atoms with Crippen molar-refractivity contribution in [2.24, 2.45) is 0 Å². The Labute approximate surface area is 150 Å². The Morgan fingerprint density at radius 2 is 1.11 bits per heavy atom. The van der Waals surface area contributed by atoms with E-state index in [0.717, 1.165) is 12.8 Å². The summed E-state index contributed by atoms with van der Waals surface area (Å²) in [6, 6.07) is 0. The van der Waals surface area contributed by atoms with Gasteiger partial charge in [-0.2, -0.15) is 0 Å². The topological polar surface area (TPSA) is 0 Å². The van der Waals surface area contributed by atoms with Crippen molar-refractivity contribution in [1.82, 2.24) is 0 Å². The maximum Gasteiger partial charge on any atom is 2.00 e. The summed E-state index contributed by atoms with van der Waals surface area (Å²) in [6.07, 6.45) is 17.8. The van der Waals surface area contributed by atoms with E-state index in [-0.39, 0.29) is 29.1 Å². The van der Waals surface area contributed by atoms with Crippen LogP contribution >= 0.6 is 0 Å². The van der Waals surface area contributed by atoms with E-state index in [9.17, 15) is 0 Å². The molecule has 19 heavy (non-hydrogen) atoms. The molecule has 0 heterocycles. The molecule has 0 aromatic carbocycles. The second-order valence-electron chi connectivity index (χ2n) is 6.89. The van der Waals surface area contributed by atoms with Crippen molar-refractivity contribution >= 4 is 36.8 Å². The summed E-state index contributed by atoms with van der Waals surface area (Å²) in [5, 5.41) is 0. The minimum Gasteiger partial charge on any atom is -1.00 e. The Morgan fingerprint density at radius 3 is 1.21 bits per heavy atom. The van der Waals surface area contributed by atoms with Crippen molar-refractivity contribution in [3.05, 3.63) is 43.6 Å². The molecule has 2 aliphatic carbocycles. The number of rotatable bonds is 2. The van der Waals surface area contributed by atoms with Crippen molar-refractivity contribution in [2.45, 2.75) is 42.5 Å². The van der Waals surface area contributed by atoms with Crippen molar-refractivity contribution in [1.29, 1.82) is 0 Å². The van der Waals surface area contributed by atoms with Crippen LogP contribution in [0.1, 0.15) is 15.7 Å². The van der Waals surface area contributed by atoms with Crippen molar-refractivity contribution in [3.8, 4) is 0 Å². The van der Waals surface area contributed by atoms with Crippen LogP contribution in [0.15, 0.2) is 31.5 Å². The average molecular weight is 549 g/mol. The van der Waals surface area contributed by atoms with Gasteiger partial charge in [-0.1, -0.05) is 0 Å². The van der Waals surface area contributed by atoms with Gasteiger partial charge in [0.25, 0.3) is 0 Å². The summed E-state index contributed by atoms with van der Waals surface area (Å²) in [6.45, 7) is 0. The van der Waals surface area contributed by atoms with Crippen LogP contribution in [0, 0.1) is 12.2 Å². The molecule has 0 saturated carbocycles. The number of hydrogen-bond donors (Lipinski definition) is 0. The predicted octanol–water partition coefficient (Wildman–Crippen LogP) is 5.33. The van der Waals surface area contributed by atoms with Gasteiger partial charge in [0.05, 0.1) is 0 Å². The minimum absolute atomic E-state index is 0. The first kappa shape index (κ1) is 20.4. The van der Waals surface area contributed by atoms with Gasteiger partial charge in [0.15, 0.2) is 0 Å². The molecule has 0 fully saturated rings. The van der Waals surface area contributed by atoms with Crippen LogP contribution in [0.5, 0.6) is 0 Å². The number of allylic oxidation sites excluding steroid dienone is 8. The van der Waals surface area contributed by atoms with Crippen LogP contribution in [0.2, 0.25) is 29.6 Å². The zero-order valence-electron chi connectivity index (χ0n) is 15.2. The van der Waals surface area contributed by atoms with Crippen LogP contribution in [0.3, 0.4) is 0 Å². The van der Waals surface area contributed by atoms with E-state index >= 15 is 0 Å². The van der Waals surface area contributed by atoms with Crippen LogP contribution < -0.4 is 0 Å². The van der Waals surface area contributed by atoms with E-state index in [2.05, 4.69) is 66.1 Å². The first-order valence-corrected chi connectivity index (χ1v) is 26.7. The fourth-order valence-electron chi connectivity index (χ4n) is 1.84. The van der Waals surface area contributed by atoms with Gasteiger partial charge in [0.1, 0.15) is 0 Å². The van der Waals surface area contributed by atoms with E-state index in [0.29, 0.717) is 0 Å².